The number of nitrogens with one attached hydrogen (secondary N) is 1. The Morgan fingerprint density at radius 1 is 1.10 bits per heavy atom. The highest BCUT2D eigenvalue weighted by Crippen LogP contribution is 2.34. The number of anilines is 1. The largest absolute Gasteiger partial charge is 0.493 e. The monoisotopic (exact) mass is 408 g/mol. The van der Waals surface area contributed by atoms with E-state index in [-0.39, 0.29) is 17.7 Å². The SMILES string of the molecule is COc1cc(C#N)c(NC=C2C(=O)OC(C)(C)OC2=O)cc1OCc1ccccc1. The van der Waals surface area contributed by atoms with E-state index >= 15 is 0 Å². The van der Waals surface area contributed by atoms with Crippen molar-refractivity contribution in [2.75, 3.05) is 12.4 Å². The highest BCUT2D eigenvalue weighted by molar-refractivity contribution is 6.15. The molecule has 0 unspecified atom stereocenters. The first kappa shape index (κ1) is 20.7. The number of benzene rings is 2. The minimum atomic E-state index is -1.33. The van der Waals surface area contributed by atoms with Gasteiger partial charge in [0.15, 0.2) is 17.1 Å². The Balaban J connectivity index is 1.86. The quantitative estimate of drug-likeness (QED) is 0.441. The standard InChI is InChI=1S/C22H20N2O6/c1-22(2)29-20(25)16(21(26)30-22)12-24-17-10-19(18(27-3)9-15(17)11-23)28-13-14-7-5-4-6-8-14/h4-10,12,24H,13H2,1-3H3. The predicted molar refractivity (Wildman–Crippen MR) is 106 cm³/mol. The second kappa shape index (κ2) is 8.57. The Morgan fingerprint density at radius 3 is 2.37 bits per heavy atom. The van der Waals surface area contributed by atoms with E-state index in [9.17, 15) is 14.9 Å². The lowest BCUT2D eigenvalue weighted by Crippen LogP contribution is -2.42. The van der Waals surface area contributed by atoms with Crippen molar-refractivity contribution in [2.45, 2.75) is 26.2 Å². The maximum absolute atomic E-state index is 12.1. The van der Waals surface area contributed by atoms with Gasteiger partial charge in [-0.15, -0.1) is 0 Å². The van der Waals surface area contributed by atoms with Gasteiger partial charge >= 0.3 is 11.9 Å². The number of carbonyl (C=O) groups is 2. The fraction of sp³-hybridized carbons (Fsp3) is 0.227. The van der Waals surface area contributed by atoms with Gasteiger partial charge in [-0.2, -0.15) is 5.26 Å². The summed E-state index contributed by atoms with van der Waals surface area (Å²) in [5, 5.41) is 12.2. The summed E-state index contributed by atoms with van der Waals surface area (Å²) < 4.78 is 21.3. The van der Waals surface area contributed by atoms with Crippen LogP contribution >= 0.6 is 0 Å². The average Bonchev–Trinajstić information content (AvgIpc) is 2.71. The molecule has 0 bridgehead atoms. The third kappa shape index (κ3) is 4.70. The van der Waals surface area contributed by atoms with E-state index in [1.807, 2.05) is 36.4 Å². The van der Waals surface area contributed by atoms with Crippen LogP contribution in [0, 0.1) is 11.3 Å². The lowest BCUT2D eigenvalue weighted by molar-refractivity contribution is -0.222. The minimum Gasteiger partial charge on any atom is -0.493 e. The summed E-state index contributed by atoms with van der Waals surface area (Å²) in [5.74, 6) is -2.22. The fourth-order valence-electron chi connectivity index (χ4n) is 2.71. The molecule has 8 nitrogen and oxygen atoms in total. The third-order valence-corrected chi connectivity index (χ3v) is 4.15. The molecule has 1 saturated heterocycles. The van der Waals surface area contributed by atoms with Crippen molar-refractivity contribution in [3.05, 3.63) is 65.4 Å². The van der Waals surface area contributed by atoms with Crippen LogP contribution in [-0.2, 0) is 25.7 Å². The summed E-state index contributed by atoms with van der Waals surface area (Å²) in [6.45, 7) is 3.21. The lowest BCUT2D eigenvalue weighted by Gasteiger charge is -2.29. The molecule has 1 aliphatic heterocycles. The van der Waals surface area contributed by atoms with Crippen molar-refractivity contribution in [3.8, 4) is 17.6 Å². The molecule has 8 heteroatoms. The number of nitrogens with zero attached hydrogens (tertiary/aromatic N) is 1. The smallest absolute Gasteiger partial charge is 0.350 e. The first-order valence-electron chi connectivity index (χ1n) is 9.05. The molecule has 1 aliphatic rings. The zero-order valence-electron chi connectivity index (χ0n) is 16.7. The number of cyclic esters (lactones) is 2. The van der Waals surface area contributed by atoms with Gasteiger partial charge in [-0.3, -0.25) is 0 Å². The molecular formula is C22H20N2O6. The van der Waals surface area contributed by atoms with Gasteiger partial charge in [0.25, 0.3) is 5.79 Å². The molecule has 0 spiro atoms. The molecule has 0 radical (unpaired) electrons. The molecule has 3 rings (SSSR count). The van der Waals surface area contributed by atoms with Crippen LogP contribution < -0.4 is 14.8 Å². The fourth-order valence-corrected chi connectivity index (χ4v) is 2.71. The van der Waals surface area contributed by atoms with Crippen molar-refractivity contribution in [1.82, 2.24) is 0 Å². The highest BCUT2D eigenvalue weighted by atomic mass is 16.7. The molecule has 0 saturated carbocycles. The number of carbonyl (C=O) groups excluding carboxylic acids is 2. The van der Waals surface area contributed by atoms with E-state index in [1.165, 1.54) is 27.0 Å². The van der Waals surface area contributed by atoms with Crippen LogP contribution in [0.15, 0.2) is 54.2 Å². The minimum absolute atomic E-state index is 0.230. The van der Waals surface area contributed by atoms with Gasteiger partial charge in [-0.1, -0.05) is 30.3 Å². The Kier molecular flexibility index (Phi) is 5.93. The summed E-state index contributed by atoms with van der Waals surface area (Å²) in [6.07, 6.45) is 1.14. The number of esters is 2. The molecular weight excluding hydrogens is 388 g/mol. The molecule has 154 valence electrons. The van der Waals surface area contributed by atoms with Crippen LogP contribution in [0.5, 0.6) is 11.5 Å². The first-order chi connectivity index (χ1) is 14.3. The normalized spacial score (nSPS) is 14.8. The summed E-state index contributed by atoms with van der Waals surface area (Å²) in [6, 6.07) is 14.6. The van der Waals surface area contributed by atoms with Gasteiger partial charge in [0.05, 0.1) is 18.4 Å². The van der Waals surface area contributed by atoms with E-state index in [2.05, 4.69) is 5.32 Å². The summed E-state index contributed by atoms with van der Waals surface area (Å²) in [4.78, 5) is 24.2. The molecule has 2 aromatic carbocycles. The molecule has 1 N–H and O–H groups in total. The molecule has 0 aromatic heterocycles. The number of hydrogen-bond acceptors (Lipinski definition) is 8. The topological polar surface area (TPSA) is 107 Å². The Labute approximate surface area is 173 Å². The summed E-state index contributed by atoms with van der Waals surface area (Å²) in [5.41, 5.74) is 1.18. The zero-order chi connectivity index (χ0) is 21.7. The van der Waals surface area contributed by atoms with Crippen molar-refractivity contribution in [2.24, 2.45) is 0 Å². The van der Waals surface area contributed by atoms with Crippen molar-refractivity contribution < 1.29 is 28.5 Å². The number of methoxy groups -OCH3 is 1. The number of ether oxygens (including phenoxy) is 4. The van der Waals surface area contributed by atoms with Crippen molar-refractivity contribution in [1.29, 1.82) is 5.26 Å². The molecule has 0 aliphatic carbocycles. The van der Waals surface area contributed by atoms with Gasteiger partial charge in [-0.05, 0) is 5.56 Å². The van der Waals surface area contributed by atoms with Crippen LogP contribution in [0.3, 0.4) is 0 Å². The molecule has 1 heterocycles. The highest BCUT2D eigenvalue weighted by Gasteiger charge is 2.39. The molecule has 0 atom stereocenters. The third-order valence-electron chi connectivity index (χ3n) is 4.15. The van der Waals surface area contributed by atoms with Gasteiger partial charge in [0.1, 0.15) is 12.7 Å². The lowest BCUT2D eigenvalue weighted by atomic mass is 10.1. The van der Waals surface area contributed by atoms with E-state index < -0.39 is 17.7 Å². The summed E-state index contributed by atoms with van der Waals surface area (Å²) in [7, 11) is 1.47. The van der Waals surface area contributed by atoms with Gasteiger partial charge in [0, 0.05) is 32.2 Å². The Hall–Kier alpha value is -3.99. The van der Waals surface area contributed by atoms with E-state index in [1.54, 1.807) is 6.07 Å². The second-order valence-corrected chi connectivity index (χ2v) is 6.82. The number of hydrogen-bond donors (Lipinski definition) is 1. The average molecular weight is 408 g/mol. The van der Waals surface area contributed by atoms with Crippen molar-refractivity contribution in [3.63, 3.8) is 0 Å². The second-order valence-electron chi connectivity index (χ2n) is 6.82. The maximum Gasteiger partial charge on any atom is 0.350 e. The summed E-state index contributed by atoms with van der Waals surface area (Å²) >= 11 is 0. The van der Waals surface area contributed by atoms with Crippen LogP contribution in [0.25, 0.3) is 0 Å². The van der Waals surface area contributed by atoms with E-state index in [0.29, 0.717) is 17.2 Å². The van der Waals surface area contributed by atoms with Crippen molar-refractivity contribution >= 4 is 17.6 Å². The zero-order valence-corrected chi connectivity index (χ0v) is 16.7. The van der Waals surface area contributed by atoms with Crippen LogP contribution in [0.4, 0.5) is 5.69 Å². The van der Waals surface area contributed by atoms with Crippen LogP contribution in [0.2, 0.25) is 0 Å². The maximum atomic E-state index is 12.1. The van der Waals surface area contributed by atoms with Gasteiger partial charge in [-0.25, -0.2) is 9.59 Å². The van der Waals surface area contributed by atoms with Crippen LogP contribution in [-0.4, -0.2) is 24.8 Å². The Bertz CT molecular complexity index is 1020. The Morgan fingerprint density at radius 2 is 1.77 bits per heavy atom. The first-order valence-corrected chi connectivity index (χ1v) is 9.05. The number of nitriles is 1. The van der Waals surface area contributed by atoms with Crippen LogP contribution in [0.1, 0.15) is 25.0 Å². The van der Waals surface area contributed by atoms with E-state index in [4.69, 9.17) is 18.9 Å². The molecule has 30 heavy (non-hydrogen) atoms. The van der Waals surface area contributed by atoms with Gasteiger partial charge < -0.3 is 24.3 Å². The van der Waals surface area contributed by atoms with Gasteiger partial charge in [0.2, 0.25) is 0 Å². The predicted octanol–water partition coefficient (Wildman–Crippen LogP) is 3.28. The van der Waals surface area contributed by atoms with E-state index in [0.717, 1.165) is 11.8 Å². The molecule has 0 amide bonds. The number of rotatable bonds is 6. The molecule has 1 fully saturated rings. The molecule has 2 aromatic rings.